The molecule has 1 aliphatic carbocycles. The van der Waals surface area contributed by atoms with Crippen LogP contribution < -0.4 is 16.4 Å². The molecule has 0 saturated heterocycles. The van der Waals surface area contributed by atoms with Crippen molar-refractivity contribution in [2.24, 2.45) is 5.73 Å². The summed E-state index contributed by atoms with van der Waals surface area (Å²) >= 11 is 0. The van der Waals surface area contributed by atoms with E-state index in [0.717, 1.165) is 33.7 Å². The molecule has 1 aromatic carbocycles. The fraction of sp³-hybridized carbons (Fsp3) is 0.375. The maximum Gasteiger partial charge on any atom is 0.226 e. The topological polar surface area (TPSA) is 107 Å². The lowest BCUT2D eigenvalue weighted by Crippen LogP contribution is -2.26. The van der Waals surface area contributed by atoms with E-state index in [1.165, 1.54) is 25.7 Å². The number of imidazole rings is 1. The predicted molar refractivity (Wildman–Crippen MR) is 126 cm³/mol. The molecule has 4 N–H and O–H groups in total. The summed E-state index contributed by atoms with van der Waals surface area (Å²) in [4.78, 5) is 14.2. The number of nitrogens with one attached hydrogen (secondary N) is 2. The summed E-state index contributed by atoms with van der Waals surface area (Å²) in [7, 11) is 0. The van der Waals surface area contributed by atoms with Gasteiger partial charge in [-0.15, -0.1) is 0 Å². The van der Waals surface area contributed by atoms with Gasteiger partial charge >= 0.3 is 0 Å². The SMILES string of the molecule is CC(N)CNc1nc(NCc2ccc(-c3ccoc3)cc2)c2ncn(C3CCCC3)c2n1. The van der Waals surface area contributed by atoms with Gasteiger partial charge in [0.15, 0.2) is 17.0 Å². The van der Waals surface area contributed by atoms with Crippen LogP contribution in [0.5, 0.6) is 0 Å². The third kappa shape index (κ3) is 4.31. The van der Waals surface area contributed by atoms with E-state index in [9.17, 15) is 0 Å². The molecule has 0 amide bonds. The minimum atomic E-state index is 0.0131. The number of rotatable bonds is 8. The van der Waals surface area contributed by atoms with Crippen molar-refractivity contribution in [3.05, 3.63) is 54.7 Å². The summed E-state index contributed by atoms with van der Waals surface area (Å²) in [6, 6.07) is 10.9. The zero-order valence-corrected chi connectivity index (χ0v) is 18.3. The van der Waals surface area contributed by atoms with Crippen molar-refractivity contribution in [2.75, 3.05) is 17.2 Å². The number of anilines is 2. The zero-order valence-electron chi connectivity index (χ0n) is 18.3. The third-order valence-corrected chi connectivity index (χ3v) is 5.99. The van der Waals surface area contributed by atoms with Crippen LogP contribution in [0.4, 0.5) is 11.8 Å². The molecule has 0 radical (unpaired) electrons. The lowest BCUT2D eigenvalue weighted by molar-refractivity contribution is 0.529. The van der Waals surface area contributed by atoms with E-state index in [1.807, 2.05) is 19.3 Å². The maximum absolute atomic E-state index is 5.93. The highest BCUT2D eigenvalue weighted by atomic mass is 16.3. The molecule has 1 saturated carbocycles. The molecule has 3 aromatic heterocycles. The van der Waals surface area contributed by atoms with Crippen molar-refractivity contribution in [3.8, 4) is 11.1 Å². The number of benzene rings is 1. The van der Waals surface area contributed by atoms with E-state index in [1.54, 1.807) is 12.5 Å². The van der Waals surface area contributed by atoms with Crippen LogP contribution in [0.1, 0.15) is 44.2 Å². The first-order chi connectivity index (χ1) is 15.7. The number of nitrogens with zero attached hydrogens (tertiary/aromatic N) is 4. The lowest BCUT2D eigenvalue weighted by atomic mass is 10.1. The Morgan fingerprint density at radius 3 is 2.62 bits per heavy atom. The Balaban J connectivity index is 1.40. The van der Waals surface area contributed by atoms with Gasteiger partial charge in [0.1, 0.15) is 0 Å². The van der Waals surface area contributed by atoms with Gasteiger partial charge in [-0.1, -0.05) is 37.1 Å². The molecule has 5 rings (SSSR count). The molecular formula is C24H29N7O. The Hall–Kier alpha value is -3.39. The van der Waals surface area contributed by atoms with Crippen molar-refractivity contribution in [1.29, 1.82) is 0 Å². The minimum absolute atomic E-state index is 0.0131. The molecule has 0 bridgehead atoms. The first-order valence-corrected chi connectivity index (χ1v) is 11.3. The molecule has 1 aliphatic rings. The van der Waals surface area contributed by atoms with Gasteiger partial charge in [-0.3, -0.25) is 0 Å². The molecule has 8 nitrogen and oxygen atoms in total. The molecular weight excluding hydrogens is 402 g/mol. The van der Waals surface area contributed by atoms with Crippen LogP contribution in [0.25, 0.3) is 22.3 Å². The highest BCUT2D eigenvalue weighted by Gasteiger charge is 2.22. The number of fused-ring (bicyclic) bond motifs is 1. The van der Waals surface area contributed by atoms with Gasteiger partial charge in [0.05, 0.1) is 18.9 Å². The van der Waals surface area contributed by atoms with Gasteiger partial charge < -0.3 is 25.4 Å². The fourth-order valence-corrected chi connectivity index (χ4v) is 4.25. The summed E-state index contributed by atoms with van der Waals surface area (Å²) in [6.07, 6.45) is 10.2. The second-order valence-corrected chi connectivity index (χ2v) is 8.58. The Morgan fingerprint density at radius 1 is 1.09 bits per heavy atom. The fourth-order valence-electron chi connectivity index (χ4n) is 4.25. The van der Waals surface area contributed by atoms with Crippen molar-refractivity contribution in [1.82, 2.24) is 19.5 Å². The second-order valence-electron chi connectivity index (χ2n) is 8.58. The molecule has 0 aliphatic heterocycles. The van der Waals surface area contributed by atoms with Crippen LogP contribution in [0, 0.1) is 0 Å². The molecule has 4 aromatic rings. The summed E-state index contributed by atoms with van der Waals surface area (Å²) in [5, 5.41) is 6.74. The average Bonchev–Trinajstić information content (AvgIpc) is 3.57. The monoisotopic (exact) mass is 431 g/mol. The lowest BCUT2D eigenvalue weighted by Gasteiger charge is -2.14. The van der Waals surface area contributed by atoms with Gasteiger partial charge in [0.25, 0.3) is 0 Å². The van der Waals surface area contributed by atoms with Gasteiger partial charge in [-0.2, -0.15) is 9.97 Å². The summed E-state index contributed by atoms with van der Waals surface area (Å²) in [5.74, 6) is 1.31. The van der Waals surface area contributed by atoms with E-state index in [4.69, 9.17) is 20.1 Å². The number of furan rings is 1. The van der Waals surface area contributed by atoms with Crippen LogP contribution in [0.3, 0.4) is 0 Å². The predicted octanol–water partition coefficient (Wildman–Crippen LogP) is 4.57. The van der Waals surface area contributed by atoms with Crippen LogP contribution in [0.2, 0.25) is 0 Å². The van der Waals surface area contributed by atoms with Gasteiger partial charge in [0.2, 0.25) is 5.95 Å². The minimum Gasteiger partial charge on any atom is -0.472 e. The van der Waals surface area contributed by atoms with Crippen LogP contribution in [-0.4, -0.2) is 32.1 Å². The second kappa shape index (κ2) is 9.00. The molecule has 1 fully saturated rings. The normalized spacial score (nSPS) is 15.3. The molecule has 8 heteroatoms. The molecule has 166 valence electrons. The summed E-state index contributed by atoms with van der Waals surface area (Å²) in [5.41, 5.74) is 11.0. The van der Waals surface area contributed by atoms with Crippen molar-refractivity contribution >= 4 is 22.9 Å². The summed E-state index contributed by atoms with van der Waals surface area (Å²) < 4.78 is 7.39. The molecule has 1 unspecified atom stereocenters. The Morgan fingerprint density at radius 2 is 1.91 bits per heavy atom. The molecule has 3 heterocycles. The van der Waals surface area contributed by atoms with Gasteiger partial charge in [-0.25, -0.2) is 4.98 Å². The smallest absolute Gasteiger partial charge is 0.226 e. The van der Waals surface area contributed by atoms with Crippen LogP contribution in [0.15, 0.2) is 53.6 Å². The van der Waals surface area contributed by atoms with E-state index in [2.05, 4.69) is 44.5 Å². The largest absolute Gasteiger partial charge is 0.472 e. The Labute approximate surface area is 187 Å². The highest BCUT2D eigenvalue weighted by molar-refractivity contribution is 5.84. The van der Waals surface area contributed by atoms with E-state index < -0.39 is 0 Å². The number of hydrogen-bond donors (Lipinski definition) is 3. The van der Waals surface area contributed by atoms with Crippen molar-refractivity contribution in [3.63, 3.8) is 0 Å². The van der Waals surface area contributed by atoms with Crippen molar-refractivity contribution in [2.45, 2.75) is 51.2 Å². The zero-order chi connectivity index (χ0) is 21.9. The Bertz CT molecular complexity index is 1160. The first-order valence-electron chi connectivity index (χ1n) is 11.3. The Kier molecular flexibility index (Phi) is 5.77. The van der Waals surface area contributed by atoms with Gasteiger partial charge in [0, 0.05) is 30.7 Å². The molecule has 1 atom stereocenters. The van der Waals surface area contributed by atoms with Crippen LogP contribution in [-0.2, 0) is 6.54 Å². The third-order valence-electron chi connectivity index (χ3n) is 5.99. The van der Waals surface area contributed by atoms with E-state index in [0.29, 0.717) is 25.1 Å². The first kappa shape index (κ1) is 20.5. The summed E-state index contributed by atoms with van der Waals surface area (Å²) in [6.45, 7) is 3.21. The standard InChI is InChI=1S/C24H29N7O/c1-16(25)12-27-24-29-22(21-23(30-24)31(15-28-21)20-4-2-3-5-20)26-13-17-6-8-18(9-7-17)19-10-11-32-14-19/h6-11,14-16,20H,2-5,12-13,25H2,1H3,(H2,26,27,29,30). The van der Waals surface area contributed by atoms with E-state index in [-0.39, 0.29) is 6.04 Å². The quantitative estimate of drug-likeness (QED) is 0.375. The molecule has 32 heavy (non-hydrogen) atoms. The number of hydrogen-bond acceptors (Lipinski definition) is 7. The van der Waals surface area contributed by atoms with Crippen LogP contribution >= 0.6 is 0 Å². The van der Waals surface area contributed by atoms with Gasteiger partial charge in [-0.05, 0) is 37.0 Å². The number of aromatic nitrogens is 4. The highest BCUT2D eigenvalue weighted by Crippen LogP contribution is 2.33. The molecule has 0 spiro atoms. The van der Waals surface area contributed by atoms with E-state index >= 15 is 0 Å². The average molecular weight is 432 g/mol. The van der Waals surface area contributed by atoms with Crippen molar-refractivity contribution < 1.29 is 4.42 Å². The maximum atomic E-state index is 5.93. The number of nitrogens with two attached hydrogens (primary N) is 1.